The van der Waals surface area contributed by atoms with Crippen LogP contribution in [0.15, 0.2) is 121 Å². The molecule has 1 fully saturated rings. The Balaban J connectivity index is 1.21. The molecule has 254 valence electrons. The van der Waals surface area contributed by atoms with E-state index in [0.717, 1.165) is 53.2 Å². The van der Waals surface area contributed by atoms with E-state index in [1.54, 1.807) is 30.3 Å². The van der Waals surface area contributed by atoms with Crippen molar-refractivity contribution in [3.63, 3.8) is 0 Å². The number of amides is 4. The molecule has 5 aromatic rings. The number of halogens is 2. The summed E-state index contributed by atoms with van der Waals surface area (Å²) in [7, 11) is 0. The van der Waals surface area contributed by atoms with E-state index in [2.05, 4.69) is 34.5 Å². The molecule has 0 unspecified atom stereocenters. The molecule has 0 aliphatic carbocycles. The standard InChI is InChI=1S/C42H33Cl2N3O4/c43-30-13-11-26(12-14-30)25-51-38-16-15-31(44)21-29(38)22-37-40(48)45-42(50)47(41(37)49)32-23-35-33(27-7-3-1-4-8-27)17-19-46-20-18-34(36(24-32)39(35)46)28-9-5-2-6-10-28/h1-16,21-24,33-34H,17-20,25H2,(H,45,48,50)/b37-22+/t33-,34-/m1/s1. The van der Waals surface area contributed by atoms with Gasteiger partial charge in [-0.25, -0.2) is 9.69 Å². The van der Waals surface area contributed by atoms with Crippen molar-refractivity contribution in [1.82, 2.24) is 5.32 Å². The van der Waals surface area contributed by atoms with Crippen molar-refractivity contribution < 1.29 is 19.1 Å². The lowest BCUT2D eigenvalue weighted by molar-refractivity contribution is -0.122. The van der Waals surface area contributed by atoms with E-state index in [1.165, 1.54) is 17.2 Å². The van der Waals surface area contributed by atoms with Crippen molar-refractivity contribution in [3.05, 3.63) is 164 Å². The number of carbonyl (C=O) groups is 3. The number of ether oxygens (including phenoxy) is 1. The van der Waals surface area contributed by atoms with Gasteiger partial charge in [-0.05, 0) is 89.2 Å². The van der Waals surface area contributed by atoms with E-state index in [0.29, 0.717) is 27.0 Å². The molecule has 8 rings (SSSR count). The van der Waals surface area contributed by atoms with Gasteiger partial charge in [-0.2, -0.15) is 0 Å². The van der Waals surface area contributed by atoms with Crippen molar-refractivity contribution >= 4 is 58.5 Å². The maximum atomic E-state index is 14.4. The van der Waals surface area contributed by atoms with Gasteiger partial charge in [0.05, 0.1) is 5.69 Å². The summed E-state index contributed by atoms with van der Waals surface area (Å²) in [5.74, 6) is -0.968. The average Bonchev–Trinajstić information content (AvgIpc) is 3.14. The molecule has 1 N–H and O–H groups in total. The van der Waals surface area contributed by atoms with Crippen molar-refractivity contribution in [2.24, 2.45) is 0 Å². The first-order valence-electron chi connectivity index (χ1n) is 16.9. The third-order valence-electron chi connectivity index (χ3n) is 9.94. The van der Waals surface area contributed by atoms with Gasteiger partial charge in [0.1, 0.15) is 17.9 Å². The van der Waals surface area contributed by atoms with Gasteiger partial charge < -0.3 is 9.64 Å². The van der Waals surface area contributed by atoms with Gasteiger partial charge >= 0.3 is 6.03 Å². The van der Waals surface area contributed by atoms with E-state index < -0.39 is 17.8 Å². The average molecular weight is 715 g/mol. The van der Waals surface area contributed by atoms with Gasteiger partial charge in [-0.1, -0.05) is 96.0 Å². The smallest absolute Gasteiger partial charge is 0.335 e. The highest BCUT2D eigenvalue weighted by Crippen LogP contribution is 2.50. The Hall–Kier alpha value is -5.37. The lowest BCUT2D eigenvalue weighted by Gasteiger charge is -2.44. The van der Waals surface area contributed by atoms with Gasteiger partial charge in [0, 0.05) is 46.2 Å². The SMILES string of the molecule is O=C1NC(=O)N(c2cc3c4c(c2)[C@@H](c2ccccc2)CCN4CC[C@@H]3c2ccccc2)C(=O)/C1=C/c1cc(Cl)ccc1OCc1ccc(Cl)cc1. The summed E-state index contributed by atoms with van der Waals surface area (Å²) in [6.07, 6.45) is 3.23. The summed E-state index contributed by atoms with van der Waals surface area (Å²) in [5.41, 5.74) is 7.17. The van der Waals surface area contributed by atoms with Crippen LogP contribution in [0.3, 0.4) is 0 Å². The van der Waals surface area contributed by atoms with Gasteiger partial charge in [0.2, 0.25) is 0 Å². The maximum Gasteiger partial charge on any atom is 0.335 e. The summed E-state index contributed by atoms with van der Waals surface area (Å²) in [6, 6.07) is 36.1. The molecule has 9 heteroatoms. The molecule has 0 aromatic heterocycles. The molecule has 2 atom stereocenters. The van der Waals surface area contributed by atoms with E-state index in [4.69, 9.17) is 27.9 Å². The largest absolute Gasteiger partial charge is 0.488 e. The number of imide groups is 2. The fraction of sp³-hybridized carbons (Fsp3) is 0.167. The van der Waals surface area contributed by atoms with Crippen LogP contribution in [-0.2, 0) is 16.2 Å². The third-order valence-corrected chi connectivity index (χ3v) is 10.4. The molecule has 51 heavy (non-hydrogen) atoms. The first-order valence-corrected chi connectivity index (χ1v) is 17.7. The lowest BCUT2D eigenvalue weighted by Crippen LogP contribution is -2.54. The van der Waals surface area contributed by atoms with Crippen molar-refractivity contribution in [1.29, 1.82) is 0 Å². The number of hydrogen-bond acceptors (Lipinski definition) is 5. The highest BCUT2D eigenvalue weighted by molar-refractivity contribution is 6.39. The van der Waals surface area contributed by atoms with Crippen LogP contribution in [0.1, 0.15) is 58.1 Å². The van der Waals surface area contributed by atoms with Crippen molar-refractivity contribution in [3.8, 4) is 5.75 Å². The Kier molecular flexibility index (Phi) is 8.84. The summed E-state index contributed by atoms with van der Waals surface area (Å²) < 4.78 is 6.10. The molecular weight excluding hydrogens is 681 g/mol. The summed E-state index contributed by atoms with van der Waals surface area (Å²) >= 11 is 12.4. The minimum absolute atomic E-state index is 0.0667. The topological polar surface area (TPSA) is 79.0 Å². The molecule has 4 amide bonds. The van der Waals surface area contributed by atoms with Crippen LogP contribution >= 0.6 is 23.2 Å². The molecule has 3 aliphatic heterocycles. The highest BCUT2D eigenvalue weighted by atomic mass is 35.5. The van der Waals surface area contributed by atoms with Gasteiger partial charge in [0.25, 0.3) is 11.8 Å². The second-order valence-electron chi connectivity index (χ2n) is 13.0. The predicted octanol–water partition coefficient (Wildman–Crippen LogP) is 9.12. The first kappa shape index (κ1) is 32.8. The van der Waals surface area contributed by atoms with Gasteiger partial charge in [0.15, 0.2) is 0 Å². The summed E-state index contributed by atoms with van der Waals surface area (Å²) in [6.45, 7) is 2.04. The molecule has 3 heterocycles. The van der Waals surface area contributed by atoms with Crippen molar-refractivity contribution in [2.75, 3.05) is 22.9 Å². The molecule has 7 nitrogen and oxygen atoms in total. The third kappa shape index (κ3) is 6.39. The number of hydrogen-bond donors (Lipinski definition) is 1. The van der Waals surface area contributed by atoms with Crippen LogP contribution in [0.5, 0.6) is 5.75 Å². The Morgan fingerprint density at radius 2 is 1.31 bits per heavy atom. The molecule has 0 saturated carbocycles. The molecule has 1 saturated heterocycles. The van der Waals surface area contributed by atoms with Crippen LogP contribution in [0.4, 0.5) is 16.2 Å². The number of rotatable bonds is 7. The number of nitrogens with one attached hydrogen (secondary N) is 1. The highest BCUT2D eigenvalue weighted by Gasteiger charge is 2.40. The second-order valence-corrected chi connectivity index (χ2v) is 13.9. The molecular formula is C42H33Cl2N3O4. The second kappa shape index (κ2) is 13.7. The lowest BCUT2D eigenvalue weighted by atomic mass is 9.76. The van der Waals surface area contributed by atoms with Crippen LogP contribution < -0.4 is 19.9 Å². The van der Waals surface area contributed by atoms with Crippen LogP contribution in [0.25, 0.3) is 6.08 Å². The molecule has 5 aromatic carbocycles. The van der Waals surface area contributed by atoms with Crippen molar-refractivity contribution in [2.45, 2.75) is 31.3 Å². The fourth-order valence-electron chi connectivity index (χ4n) is 7.52. The summed E-state index contributed by atoms with van der Waals surface area (Å²) in [5, 5.41) is 3.43. The minimum Gasteiger partial charge on any atom is -0.488 e. The number of barbiturate groups is 1. The Morgan fingerprint density at radius 3 is 1.92 bits per heavy atom. The number of benzene rings is 5. The van der Waals surface area contributed by atoms with Gasteiger partial charge in [-0.15, -0.1) is 0 Å². The Labute approximate surface area is 306 Å². The van der Waals surface area contributed by atoms with E-state index in [-0.39, 0.29) is 24.0 Å². The van der Waals surface area contributed by atoms with E-state index in [9.17, 15) is 14.4 Å². The minimum atomic E-state index is -0.796. The van der Waals surface area contributed by atoms with E-state index >= 15 is 0 Å². The fourth-order valence-corrected chi connectivity index (χ4v) is 7.83. The Morgan fingerprint density at radius 1 is 0.725 bits per heavy atom. The Bertz CT molecular complexity index is 2120. The maximum absolute atomic E-state index is 14.4. The molecule has 3 aliphatic rings. The quantitative estimate of drug-likeness (QED) is 0.134. The zero-order valence-electron chi connectivity index (χ0n) is 27.5. The first-order chi connectivity index (χ1) is 24.8. The molecule has 0 spiro atoms. The molecule has 0 bridgehead atoms. The van der Waals surface area contributed by atoms with E-state index in [1.807, 2.05) is 60.7 Å². The monoisotopic (exact) mass is 713 g/mol. The van der Waals surface area contributed by atoms with Crippen LogP contribution in [0, 0.1) is 0 Å². The number of nitrogens with zero attached hydrogens (tertiary/aromatic N) is 2. The number of carbonyl (C=O) groups excluding carboxylic acids is 3. The van der Waals surface area contributed by atoms with Crippen LogP contribution in [-0.4, -0.2) is 30.9 Å². The molecule has 0 radical (unpaired) electrons. The number of anilines is 2. The predicted molar refractivity (Wildman–Crippen MR) is 201 cm³/mol. The normalized spacial score (nSPS) is 19.2. The summed E-state index contributed by atoms with van der Waals surface area (Å²) in [4.78, 5) is 44.9. The zero-order chi connectivity index (χ0) is 35.1. The van der Waals surface area contributed by atoms with Gasteiger partial charge in [-0.3, -0.25) is 14.9 Å². The number of urea groups is 1. The van der Waals surface area contributed by atoms with Crippen LogP contribution in [0.2, 0.25) is 10.0 Å². The zero-order valence-corrected chi connectivity index (χ0v) is 29.0.